The van der Waals surface area contributed by atoms with Gasteiger partial charge in [0.1, 0.15) is 29.7 Å². The first-order chi connectivity index (χ1) is 14.6. The van der Waals surface area contributed by atoms with Crippen molar-refractivity contribution in [2.75, 3.05) is 25.7 Å². The summed E-state index contributed by atoms with van der Waals surface area (Å²) in [5.74, 6) is 0.878. The lowest BCUT2D eigenvalue weighted by Gasteiger charge is -2.23. The number of allylic oxidation sites excluding steroid dienone is 6. The van der Waals surface area contributed by atoms with E-state index in [-0.39, 0.29) is 12.5 Å². The zero-order valence-electron chi connectivity index (χ0n) is 19.1. The number of nitrogens with one attached hydrogen (secondary N) is 1. The number of carbonyl (C=O) groups excluding carboxylic acids is 2. The molecule has 31 heavy (non-hydrogen) atoms. The molecule has 168 valence electrons. The highest BCUT2D eigenvalue weighted by molar-refractivity contribution is 6.00. The molecule has 0 fully saturated rings. The van der Waals surface area contributed by atoms with Gasteiger partial charge in [0.2, 0.25) is 0 Å². The lowest BCUT2D eigenvalue weighted by atomic mass is 10.2. The van der Waals surface area contributed by atoms with Crippen molar-refractivity contribution in [1.82, 2.24) is 5.32 Å². The summed E-state index contributed by atoms with van der Waals surface area (Å²) in [6, 6.07) is 4.36. The molecule has 1 aliphatic carbocycles. The summed E-state index contributed by atoms with van der Waals surface area (Å²) in [4.78, 5) is 25.9. The van der Waals surface area contributed by atoms with Crippen molar-refractivity contribution < 1.29 is 23.8 Å². The van der Waals surface area contributed by atoms with Gasteiger partial charge in [0.25, 0.3) is 5.91 Å². The van der Waals surface area contributed by atoms with Crippen LogP contribution in [0.2, 0.25) is 0 Å². The second kappa shape index (κ2) is 10.7. The topological polar surface area (TPSA) is 77.1 Å². The van der Waals surface area contributed by atoms with E-state index in [1.54, 1.807) is 53.1 Å². The van der Waals surface area contributed by atoms with Crippen molar-refractivity contribution >= 4 is 17.7 Å². The molecule has 3 rings (SSSR count). The third kappa shape index (κ3) is 7.51. The van der Waals surface area contributed by atoms with Gasteiger partial charge in [-0.15, -0.1) is 0 Å². The summed E-state index contributed by atoms with van der Waals surface area (Å²) >= 11 is 0. The number of alkyl carbamates (subject to hydrolysis) is 1. The number of fused-ring (bicyclic) bond motifs is 1. The van der Waals surface area contributed by atoms with E-state index in [1.807, 2.05) is 0 Å². The Balaban J connectivity index is 0.000000357. The normalized spacial score (nSPS) is 17.7. The van der Waals surface area contributed by atoms with Crippen molar-refractivity contribution in [3.63, 3.8) is 0 Å². The predicted molar refractivity (Wildman–Crippen MR) is 122 cm³/mol. The number of amides is 2. The maximum absolute atomic E-state index is 12.5. The van der Waals surface area contributed by atoms with E-state index in [2.05, 4.69) is 42.6 Å². The highest BCUT2D eigenvalue weighted by Crippen LogP contribution is 2.34. The molecular formula is C24H32N2O5. The Bertz CT molecular complexity index is 878. The molecule has 0 aromatic heterocycles. The van der Waals surface area contributed by atoms with Crippen LogP contribution in [-0.2, 0) is 9.53 Å². The number of methoxy groups -OCH3 is 1. The van der Waals surface area contributed by atoms with Gasteiger partial charge in [-0.2, -0.15) is 0 Å². The van der Waals surface area contributed by atoms with Crippen molar-refractivity contribution in [3.8, 4) is 11.5 Å². The van der Waals surface area contributed by atoms with Crippen LogP contribution in [0.4, 0.5) is 10.5 Å². The number of nitrogens with zero attached hydrogens (tertiary/aromatic N) is 1. The second-order valence-electron chi connectivity index (χ2n) is 8.21. The van der Waals surface area contributed by atoms with E-state index in [0.29, 0.717) is 17.2 Å². The van der Waals surface area contributed by atoms with Gasteiger partial charge in [-0.3, -0.25) is 4.79 Å². The fraction of sp³-hybridized carbons (Fsp3) is 0.417. The van der Waals surface area contributed by atoms with Crippen molar-refractivity contribution in [2.45, 2.75) is 45.8 Å². The number of carbonyl (C=O) groups is 2. The molecule has 1 aliphatic heterocycles. The molecule has 0 radical (unpaired) electrons. The number of rotatable bonds is 2. The highest BCUT2D eigenvalue weighted by Gasteiger charge is 2.32. The Labute approximate surface area is 184 Å². The van der Waals surface area contributed by atoms with Crippen molar-refractivity contribution in [2.24, 2.45) is 0 Å². The van der Waals surface area contributed by atoms with Gasteiger partial charge in [-0.05, 0) is 46.2 Å². The van der Waals surface area contributed by atoms with E-state index in [4.69, 9.17) is 14.2 Å². The highest BCUT2D eigenvalue weighted by atomic mass is 16.6. The molecule has 0 spiro atoms. The number of benzene rings is 1. The Morgan fingerprint density at radius 3 is 2.68 bits per heavy atom. The molecule has 0 unspecified atom stereocenters. The van der Waals surface area contributed by atoms with E-state index in [0.717, 1.165) is 6.42 Å². The van der Waals surface area contributed by atoms with E-state index in [9.17, 15) is 9.59 Å². The van der Waals surface area contributed by atoms with Crippen LogP contribution in [0.5, 0.6) is 11.5 Å². The van der Waals surface area contributed by atoms with Crippen LogP contribution in [0.1, 0.15) is 34.1 Å². The summed E-state index contributed by atoms with van der Waals surface area (Å²) < 4.78 is 16.0. The first kappa shape index (κ1) is 24.1. The maximum atomic E-state index is 12.5. The lowest BCUT2D eigenvalue weighted by molar-refractivity contribution is -0.120. The van der Waals surface area contributed by atoms with Crippen LogP contribution in [0.15, 0.2) is 54.2 Å². The summed E-state index contributed by atoms with van der Waals surface area (Å²) in [6.07, 6.45) is 11.0. The van der Waals surface area contributed by atoms with Gasteiger partial charge < -0.3 is 24.4 Å². The molecule has 2 aliphatic rings. The van der Waals surface area contributed by atoms with Crippen LogP contribution in [-0.4, -0.2) is 44.4 Å². The number of likely N-dealkylation sites (N-methyl/N-ethyl adjacent to an activating group) is 1. The first-order valence-electron chi connectivity index (χ1n) is 10.2. The summed E-state index contributed by atoms with van der Waals surface area (Å²) in [7, 11) is 3.17. The first-order valence-corrected chi connectivity index (χ1v) is 10.2. The summed E-state index contributed by atoms with van der Waals surface area (Å²) in [5.41, 5.74) is 1.30. The average molecular weight is 429 g/mol. The van der Waals surface area contributed by atoms with Crippen LogP contribution >= 0.6 is 0 Å². The molecule has 7 heteroatoms. The molecule has 7 nitrogen and oxygen atoms in total. The van der Waals surface area contributed by atoms with Crippen LogP contribution in [0.25, 0.3) is 0 Å². The van der Waals surface area contributed by atoms with Gasteiger partial charge in [0.05, 0.1) is 12.8 Å². The molecule has 1 aromatic carbocycles. The Morgan fingerprint density at radius 2 is 2.00 bits per heavy atom. The minimum Gasteiger partial charge on any atom is -0.497 e. The molecule has 1 N–H and O–H groups in total. The summed E-state index contributed by atoms with van der Waals surface area (Å²) in [5, 5.41) is 2.55. The Morgan fingerprint density at radius 1 is 1.26 bits per heavy atom. The minimum atomic E-state index is -0.826. The lowest BCUT2D eigenvalue weighted by Crippen LogP contribution is -2.50. The number of hydrogen-bond acceptors (Lipinski definition) is 5. The van der Waals surface area contributed by atoms with Gasteiger partial charge in [-0.25, -0.2) is 4.79 Å². The Hall–Kier alpha value is -3.22. The zero-order chi connectivity index (χ0) is 23.0. The maximum Gasteiger partial charge on any atom is 0.408 e. The van der Waals surface area contributed by atoms with E-state index < -0.39 is 17.7 Å². The van der Waals surface area contributed by atoms with Gasteiger partial charge in [0, 0.05) is 13.1 Å². The van der Waals surface area contributed by atoms with Crippen molar-refractivity contribution in [1.29, 1.82) is 0 Å². The van der Waals surface area contributed by atoms with Crippen molar-refractivity contribution in [3.05, 3.63) is 54.2 Å². The van der Waals surface area contributed by atoms with E-state index in [1.165, 1.54) is 10.5 Å². The smallest absolute Gasteiger partial charge is 0.408 e. The van der Waals surface area contributed by atoms with Crippen LogP contribution < -0.4 is 19.7 Å². The van der Waals surface area contributed by atoms with Crippen LogP contribution in [0, 0.1) is 0 Å². The zero-order valence-corrected chi connectivity index (χ0v) is 19.1. The predicted octanol–water partition coefficient (Wildman–Crippen LogP) is 4.39. The molecule has 0 bridgehead atoms. The standard InChI is InChI=1S/C16H22N2O5.C8H10/c1-16(2,3)23-15(20)17-11-9-22-13-7-6-10(21-5)8-12(13)18(4)14(11)19;1-8-6-4-2-3-5-7-8/h6-8,11H,9H2,1-5H3,(H,17,20);2-4,6-7H,5H2,1H3/t11-;/m0./s1. The molecule has 0 saturated heterocycles. The molecule has 1 atom stereocenters. The largest absolute Gasteiger partial charge is 0.497 e. The molecule has 2 amide bonds. The second-order valence-corrected chi connectivity index (χ2v) is 8.21. The minimum absolute atomic E-state index is 0.0295. The third-order valence-electron chi connectivity index (χ3n) is 4.43. The van der Waals surface area contributed by atoms with Gasteiger partial charge in [-0.1, -0.05) is 36.0 Å². The van der Waals surface area contributed by atoms with Crippen LogP contribution in [0.3, 0.4) is 0 Å². The van der Waals surface area contributed by atoms with Gasteiger partial charge >= 0.3 is 6.09 Å². The monoisotopic (exact) mass is 428 g/mol. The van der Waals surface area contributed by atoms with E-state index >= 15 is 0 Å². The number of ether oxygens (including phenoxy) is 3. The average Bonchev–Trinajstić information content (AvgIpc) is 3.01. The molecule has 1 aromatic rings. The summed E-state index contributed by atoms with van der Waals surface area (Å²) in [6.45, 7) is 7.41. The molecular weight excluding hydrogens is 396 g/mol. The Kier molecular flexibility index (Phi) is 8.30. The number of anilines is 1. The molecule has 1 heterocycles. The fourth-order valence-electron chi connectivity index (χ4n) is 2.84. The SMILES string of the molecule is CC1=CCC=CC=C1.COc1ccc2c(c1)N(C)C(=O)[C@@H](NC(=O)OC(C)(C)C)CO2. The fourth-order valence-corrected chi connectivity index (χ4v) is 2.84. The number of hydrogen-bond donors (Lipinski definition) is 1. The molecule has 0 saturated carbocycles. The third-order valence-corrected chi connectivity index (χ3v) is 4.43. The van der Waals surface area contributed by atoms with Gasteiger partial charge in [0.15, 0.2) is 0 Å². The quantitative estimate of drug-likeness (QED) is 0.756.